The number of hydrogen-bond donors (Lipinski definition) is 2. The van der Waals surface area contributed by atoms with E-state index in [1.165, 1.54) is 22.3 Å². The highest BCUT2D eigenvalue weighted by Gasteiger charge is 2.37. The van der Waals surface area contributed by atoms with Gasteiger partial charge in [-0.2, -0.15) is 0 Å². The molecule has 1 aliphatic heterocycles. The molecule has 8 nitrogen and oxygen atoms in total. The Morgan fingerprint density at radius 3 is 2.59 bits per heavy atom. The topological polar surface area (TPSA) is 98.5 Å². The first-order valence-electron chi connectivity index (χ1n) is 12.0. The van der Waals surface area contributed by atoms with Crippen molar-refractivity contribution < 1.29 is 19.4 Å². The van der Waals surface area contributed by atoms with Crippen LogP contribution in [0.1, 0.15) is 47.5 Å². The lowest BCUT2D eigenvalue weighted by molar-refractivity contribution is 0.0801. The number of aromatic nitrogens is 3. The van der Waals surface area contributed by atoms with E-state index in [1.807, 2.05) is 24.3 Å². The highest BCUT2D eigenvalue weighted by Crippen LogP contribution is 2.44. The fourth-order valence-corrected chi connectivity index (χ4v) is 5.72. The van der Waals surface area contributed by atoms with Gasteiger partial charge in [-0.25, -0.2) is 4.79 Å². The van der Waals surface area contributed by atoms with Gasteiger partial charge in [0.2, 0.25) is 0 Å². The average Bonchev–Trinajstić information content (AvgIpc) is 3.55. The second kappa shape index (κ2) is 8.85. The van der Waals surface area contributed by atoms with Crippen molar-refractivity contribution in [2.45, 2.75) is 43.9 Å². The highest BCUT2D eigenvalue weighted by atomic mass is 16.5. The number of carbonyl (C=O) groups excluding carboxylic acids is 1. The van der Waals surface area contributed by atoms with Crippen molar-refractivity contribution >= 4 is 6.09 Å². The SMILES string of the molecule is O=C(NC[C@H]1C[C@H](c2nnc3n2CCOC3)C[C@H]1O)OCC1c2ccccc2-c2ccccc21. The Bertz CT molecular complexity index is 1160. The van der Waals surface area contributed by atoms with E-state index >= 15 is 0 Å². The Kier molecular flexibility index (Phi) is 5.55. The standard InChI is InChI=1S/C26H28N4O4/c31-23-12-16(25-29-28-24-15-33-10-9-30(24)25)11-17(23)13-27-26(32)34-14-22-20-7-3-1-5-18(20)19-6-2-4-8-21(19)22/h1-8,16-17,22-23,31H,9-15H2,(H,27,32)/t16-,17+,23+/m0/s1. The summed E-state index contributed by atoms with van der Waals surface area (Å²) in [4.78, 5) is 12.5. The lowest BCUT2D eigenvalue weighted by atomic mass is 9.98. The van der Waals surface area contributed by atoms with Gasteiger partial charge < -0.3 is 24.5 Å². The van der Waals surface area contributed by atoms with Crippen molar-refractivity contribution in [3.05, 3.63) is 71.3 Å². The van der Waals surface area contributed by atoms with Crippen LogP contribution in [0.4, 0.5) is 4.79 Å². The number of fused-ring (bicyclic) bond motifs is 4. The highest BCUT2D eigenvalue weighted by molar-refractivity contribution is 5.79. The summed E-state index contributed by atoms with van der Waals surface area (Å²) in [5.74, 6) is 1.88. The molecule has 1 fully saturated rings. The summed E-state index contributed by atoms with van der Waals surface area (Å²) >= 11 is 0. The zero-order chi connectivity index (χ0) is 23.1. The smallest absolute Gasteiger partial charge is 0.407 e. The number of aliphatic hydroxyl groups is 1. The van der Waals surface area contributed by atoms with Crippen molar-refractivity contribution in [1.29, 1.82) is 0 Å². The number of hydrogen-bond acceptors (Lipinski definition) is 6. The Morgan fingerprint density at radius 2 is 1.82 bits per heavy atom. The number of rotatable bonds is 5. The van der Waals surface area contributed by atoms with Gasteiger partial charge in [-0.3, -0.25) is 0 Å². The van der Waals surface area contributed by atoms with Crippen LogP contribution in [-0.4, -0.2) is 51.8 Å². The molecule has 6 rings (SSSR count). The van der Waals surface area contributed by atoms with E-state index < -0.39 is 12.2 Å². The number of ether oxygens (including phenoxy) is 2. The number of nitrogens with zero attached hydrogens (tertiary/aromatic N) is 3. The molecule has 2 aromatic carbocycles. The number of nitrogens with one attached hydrogen (secondary N) is 1. The average molecular weight is 461 g/mol. The summed E-state index contributed by atoms with van der Waals surface area (Å²) in [6.45, 7) is 2.53. The van der Waals surface area contributed by atoms with E-state index in [-0.39, 0.29) is 24.4 Å². The van der Waals surface area contributed by atoms with E-state index in [4.69, 9.17) is 9.47 Å². The number of carbonyl (C=O) groups is 1. The molecule has 3 aromatic rings. The van der Waals surface area contributed by atoms with Crippen molar-refractivity contribution in [2.75, 3.05) is 19.8 Å². The molecule has 3 aliphatic rings. The molecule has 0 bridgehead atoms. The third-order valence-corrected chi connectivity index (χ3v) is 7.42. The van der Waals surface area contributed by atoms with Crippen LogP contribution >= 0.6 is 0 Å². The summed E-state index contributed by atoms with van der Waals surface area (Å²) in [6.07, 6.45) is 0.432. The minimum atomic E-state index is -0.494. The molecule has 8 heteroatoms. The maximum atomic E-state index is 12.5. The molecule has 0 radical (unpaired) electrons. The molecule has 0 spiro atoms. The molecule has 0 saturated heterocycles. The maximum absolute atomic E-state index is 12.5. The van der Waals surface area contributed by atoms with Crippen LogP contribution in [0.15, 0.2) is 48.5 Å². The van der Waals surface area contributed by atoms with Gasteiger partial charge in [-0.1, -0.05) is 48.5 Å². The van der Waals surface area contributed by atoms with E-state index in [2.05, 4.69) is 44.3 Å². The molecule has 1 saturated carbocycles. The van der Waals surface area contributed by atoms with Gasteiger partial charge in [0.05, 0.1) is 12.7 Å². The van der Waals surface area contributed by atoms with Gasteiger partial charge in [0.1, 0.15) is 19.0 Å². The van der Waals surface area contributed by atoms with E-state index in [1.54, 1.807) is 0 Å². The Morgan fingerprint density at radius 1 is 1.09 bits per heavy atom. The van der Waals surface area contributed by atoms with E-state index in [0.29, 0.717) is 26.2 Å². The number of amides is 1. The molecular formula is C26H28N4O4. The Balaban J connectivity index is 1.05. The van der Waals surface area contributed by atoms with Gasteiger partial charge in [-0.05, 0) is 35.1 Å². The molecule has 176 valence electrons. The van der Waals surface area contributed by atoms with E-state index in [0.717, 1.165) is 24.6 Å². The number of benzene rings is 2. The summed E-state index contributed by atoms with van der Waals surface area (Å²) in [5, 5.41) is 22.1. The zero-order valence-corrected chi connectivity index (χ0v) is 18.9. The summed E-state index contributed by atoms with van der Waals surface area (Å²) in [5.41, 5.74) is 4.78. The van der Waals surface area contributed by atoms with Gasteiger partial charge in [-0.15, -0.1) is 10.2 Å². The number of alkyl carbamates (subject to hydrolysis) is 1. The molecule has 2 N–H and O–H groups in total. The van der Waals surface area contributed by atoms with Crippen molar-refractivity contribution in [3.8, 4) is 11.1 Å². The monoisotopic (exact) mass is 460 g/mol. The van der Waals surface area contributed by atoms with Crippen molar-refractivity contribution in [1.82, 2.24) is 20.1 Å². The van der Waals surface area contributed by atoms with Crippen LogP contribution in [0.5, 0.6) is 0 Å². The van der Waals surface area contributed by atoms with Crippen LogP contribution in [0.3, 0.4) is 0 Å². The van der Waals surface area contributed by atoms with Crippen LogP contribution in [0, 0.1) is 5.92 Å². The lowest BCUT2D eigenvalue weighted by Gasteiger charge is -2.18. The largest absolute Gasteiger partial charge is 0.449 e. The van der Waals surface area contributed by atoms with Crippen LogP contribution < -0.4 is 5.32 Å². The quantitative estimate of drug-likeness (QED) is 0.607. The van der Waals surface area contributed by atoms with Crippen LogP contribution in [0.2, 0.25) is 0 Å². The Labute approximate surface area is 197 Å². The maximum Gasteiger partial charge on any atom is 0.407 e. The second-order valence-corrected chi connectivity index (χ2v) is 9.38. The minimum absolute atomic E-state index is 0.0303. The van der Waals surface area contributed by atoms with E-state index in [9.17, 15) is 9.90 Å². The molecule has 1 amide bonds. The molecule has 2 heterocycles. The van der Waals surface area contributed by atoms with Crippen molar-refractivity contribution in [2.24, 2.45) is 5.92 Å². The third-order valence-electron chi connectivity index (χ3n) is 7.42. The molecular weight excluding hydrogens is 432 g/mol. The van der Waals surface area contributed by atoms with Gasteiger partial charge in [0, 0.05) is 30.8 Å². The second-order valence-electron chi connectivity index (χ2n) is 9.38. The van der Waals surface area contributed by atoms with Crippen LogP contribution in [0.25, 0.3) is 11.1 Å². The predicted molar refractivity (Wildman–Crippen MR) is 124 cm³/mol. The molecule has 1 aromatic heterocycles. The molecule has 3 atom stereocenters. The first-order chi connectivity index (χ1) is 16.7. The summed E-state index contributed by atoms with van der Waals surface area (Å²) in [7, 11) is 0. The lowest BCUT2D eigenvalue weighted by Crippen LogP contribution is -2.33. The first-order valence-corrected chi connectivity index (χ1v) is 12.0. The van der Waals surface area contributed by atoms with Crippen molar-refractivity contribution in [3.63, 3.8) is 0 Å². The van der Waals surface area contributed by atoms with Gasteiger partial charge >= 0.3 is 6.09 Å². The Hall–Kier alpha value is -3.23. The fourth-order valence-electron chi connectivity index (χ4n) is 5.72. The minimum Gasteiger partial charge on any atom is -0.449 e. The van der Waals surface area contributed by atoms with Gasteiger partial charge in [0.15, 0.2) is 5.82 Å². The third kappa shape index (κ3) is 3.76. The first kappa shape index (κ1) is 21.3. The molecule has 0 unspecified atom stereocenters. The molecule has 2 aliphatic carbocycles. The summed E-state index contributed by atoms with van der Waals surface area (Å²) in [6, 6.07) is 16.6. The van der Waals surface area contributed by atoms with Gasteiger partial charge in [0.25, 0.3) is 0 Å². The number of aliphatic hydroxyl groups excluding tert-OH is 1. The zero-order valence-electron chi connectivity index (χ0n) is 18.9. The normalized spacial score (nSPS) is 23.3. The van der Waals surface area contributed by atoms with Crippen LogP contribution in [-0.2, 0) is 22.6 Å². The molecule has 34 heavy (non-hydrogen) atoms. The predicted octanol–water partition coefficient (Wildman–Crippen LogP) is 3.20. The fraction of sp³-hybridized carbons (Fsp3) is 0.423. The summed E-state index contributed by atoms with van der Waals surface area (Å²) < 4.78 is 13.2.